The van der Waals surface area contributed by atoms with Crippen molar-refractivity contribution >= 4 is 17.7 Å². The molecule has 0 radical (unpaired) electrons. The first kappa shape index (κ1) is 19.3. The third-order valence-corrected chi connectivity index (χ3v) is 5.18. The van der Waals surface area contributed by atoms with E-state index < -0.39 is 5.82 Å². The van der Waals surface area contributed by atoms with Crippen molar-refractivity contribution in [3.63, 3.8) is 0 Å². The maximum absolute atomic E-state index is 13.8. The van der Waals surface area contributed by atoms with Gasteiger partial charge in [0.05, 0.1) is 11.3 Å². The molecule has 150 valence electrons. The Morgan fingerprint density at radius 1 is 1.17 bits per heavy atom. The molecule has 0 bridgehead atoms. The van der Waals surface area contributed by atoms with Crippen molar-refractivity contribution in [2.45, 2.75) is 18.7 Å². The molecule has 1 aliphatic rings. The standard InChI is InChI=1S/C20H18FN3O4S/c1-2-24(10-13-7-8-16-17(9-13)27-12-26-16)18(25)11-29-20-23-22-19(28-20)14-5-3-4-6-15(14)21/h3-9H,2,10-12H2,1H3. The predicted molar refractivity (Wildman–Crippen MR) is 104 cm³/mol. The zero-order chi connectivity index (χ0) is 20.2. The van der Waals surface area contributed by atoms with Crippen LogP contribution in [0.2, 0.25) is 0 Å². The number of hydrogen-bond donors (Lipinski definition) is 0. The molecule has 0 unspecified atom stereocenters. The quantitative estimate of drug-likeness (QED) is 0.544. The fourth-order valence-electron chi connectivity index (χ4n) is 2.86. The minimum atomic E-state index is -0.440. The van der Waals surface area contributed by atoms with Crippen molar-refractivity contribution in [1.29, 1.82) is 0 Å². The zero-order valence-corrected chi connectivity index (χ0v) is 16.4. The van der Waals surface area contributed by atoms with Crippen LogP contribution in [0, 0.1) is 5.82 Å². The topological polar surface area (TPSA) is 77.7 Å². The summed E-state index contributed by atoms with van der Waals surface area (Å²) in [5.74, 6) is 1.11. The van der Waals surface area contributed by atoms with Crippen LogP contribution in [-0.4, -0.2) is 40.1 Å². The number of aromatic nitrogens is 2. The molecule has 1 aliphatic heterocycles. The summed E-state index contributed by atoms with van der Waals surface area (Å²) in [7, 11) is 0. The molecule has 7 nitrogen and oxygen atoms in total. The van der Waals surface area contributed by atoms with Crippen molar-refractivity contribution in [3.05, 3.63) is 53.8 Å². The molecule has 1 amide bonds. The molecule has 0 fully saturated rings. The maximum atomic E-state index is 13.8. The summed E-state index contributed by atoms with van der Waals surface area (Å²) in [4.78, 5) is 14.3. The summed E-state index contributed by atoms with van der Waals surface area (Å²) in [5, 5.41) is 7.97. The van der Waals surface area contributed by atoms with Crippen LogP contribution in [0.25, 0.3) is 11.5 Å². The van der Waals surface area contributed by atoms with Crippen LogP contribution < -0.4 is 9.47 Å². The lowest BCUT2D eigenvalue weighted by atomic mass is 10.2. The maximum Gasteiger partial charge on any atom is 0.277 e. The SMILES string of the molecule is CCN(Cc1ccc2c(c1)OCO2)C(=O)CSc1nnc(-c2ccccc2F)o1. The van der Waals surface area contributed by atoms with E-state index in [-0.39, 0.29) is 35.1 Å². The molecule has 0 saturated carbocycles. The average Bonchev–Trinajstić information content (AvgIpc) is 3.39. The third kappa shape index (κ3) is 4.34. The monoisotopic (exact) mass is 415 g/mol. The summed E-state index contributed by atoms with van der Waals surface area (Å²) < 4.78 is 30.0. The minimum Gasteiger partial charge on any atom is -0.454 e. The van der Waals surface area contributed by atoms with Crippen LogP contribution >= 0.6 is 11.8 Å². The van der Waals surface area contributed by atoms with Gasteiger partial charge < -0.3 is 18.8 Å². The fraction of sp³-hybridized carbons (Fsp3) is 0.250. The second-order valence-corrected chi connectivity index (χ2v) is 7.16. The van der Waals surface area contributed by atoms with Gasteiger partial charge in [-0.2, -0.15) is 0 Å². The molecular weight excluding hydrogens is 397 g/mol. The van der Waals surface area contributed by atoms with E-state index in [0.717, 1.165) is 17.3 Å². The van der Waals surface area contributed by atoms with Gasteiger partial charge in [0, 0.05) is 13.1 Å². The van der Waals surface area contributed by atoms with Gasteiger partial charge in [0.15, 0.2) is 11.5 Å². The number of fused-ring (bicyclic) bond motifs is 1. The van der Waals surface area contributed by atoms with Gasteiger partial charge in [0.1, 0.15) is 5.82 Å². The summed E-state index contributed by atoms with van der Waals surface area (Å²) in [6.07, 6.45) is 0. The highest BCUT2D eigenvalue weighted by Gasteiger charge is 2.18. The summed E-state index contributed by atoms with van der Waals surface area (Å²) in [5.41, 5.74) is 1.19. The van der Waals surface area contributed by atoms with E-state index in [1.165, 1.54) is 6.07 Å². The number of rotatable bonds is 7. The van der Waals surface area contributed by atoms with Gasteiger partial charge in [-0.15, -0.1) is 10.2 Å². The third-order valence-electron chi connectivity index (χ3n) is 4.37. The number of carbonyl (C=O) groups is 1. The van der Waals surface area contributed by atoms with Crippen molar-refractivity contribution in [2.24, 2.45) is 0 Å². The number of nitrogens with zero attached hydrogens (tertiary/aromatic N) is 3. The molecule has 2 heterocycles. The number of amides is 1. The van der Waals surface area contributed by atoms with Gasteiger partial charge in [-0.05, 0) is 36.8 Å². The van der Waals surface area contributed by atoms with Crippen LogP contribution in [-0.2, 0) is 11.3 Å². The van der Waals surface area contributed by atoms with Gasteiger partial charge in [0.2, 0.25) is 12.7 Å². The highest BCUT2D eigenvalue weighted by molar-refractivity contribution is 7.99. The lowest BCUT2D eigenvalue weighted by molar-refractivity contribution is -0.128. The number of ether oxygens (including phenoxy) is 2. The summed E-state index contributed by atoms with van der Waals surface area (Å²) in [6, 6.07) is 11.8. The van der Waals surface area contributed by atoms with E-state index >= 15 is 0 Å². The average molecular weight is 415 g/mol. The molecule has 0 aliphatic carbocycles. The van der Waals surface area contributed by atoms with Gasteiger partial charge >= 0.3 is 0 Å². The Morgan fingerprint density at radius 3 is 2.83 bits per heavy atom. The highest BCUT2D eigenvalue weighted by Crippen LogP contribution is 2.33. The number of carbonyl (C=O) groups excluding carboxylic acids is 1. The number of halogens is 1. The predicted octanol–water partition coefficient (Wildman–Crippen LogP) is 3.75. The normalized spacial score (nSPS) is 12.2. The molecule has 0 N–H and O–H groups in total. The molecular formula is C20H18FN3O4S. The zero-order valence-electron chi connectivity index (χ0n) is 15.6. The Kier molecular flexibility index (Phi) is 5.66. The Balaban J connectivity index is 1.36. The van der Waals surface area contributed by atoms with Crippen LogP contribution in [0.4, 0.5) is 4.39 Å². The van der Waals surface area contributed by atoms with E-state index in [1.54, 1.807) is 23.1 Å². The van der Waals surface area contributed by atoms with E-state index in [4.69, 9.17) is 13.9 Å². The molecule has 29 heavy (non-hydrogen) atoms. The molecule has 9 heteroatoms. The Morgan fingerprint density at radius 2 is 2.00 bits per heavy atom. The lowest BCUT2D eigenvalue weighted by Gasteiger charge is -2.20. The number of thioether (sulfide) groups is 1. The Hall–Kier alpha value is -3.07. The fourth-order valence-corrected chi connectivity index (χ4v) is 3.53. The van der Waals surface area contributed by atoms with E-state index in [2.05, 4.69) is 10.2 Å². The molecule has 0 atom stereocenters. The van der Waals surface area contributed by atoms with Crippen molar-refractivity contribution in [1.82, 2.24) is 15.1 Å². The highest BCUT2D eigenvalue weighted by atomic mass is 32.2. The summed E-state index contributed by atoms with van der Waals surface area (Å²) >= 11 is 1.13. The van der Waals surface area contributed by atoms with Gasteiger partial charge in [0.25, 0.3) is 11.1 Å². The lowest BCUT2D eigenvalue weighted by Crippen LogP contribution is -2.31. The second-order valence-electron chi connectivity index (χ2n) is 6.24. The Labute approximate surface area is 170 Å². The smallest absolute Gasteiger partial charge is 0.277 e. The minimum absolute atomic E-state index is 0.0687. The number of hydrogen-bond acceptors (Lipinski definition) is 7. The van der Waals surface area contributed by atoms with E-state index in [9.17, 15) is 9.18 Å². The molecule has 3 aromatic rings. The van der Waals surface area contributed by atoms with Crippen molar-refractivity contribution < 1.29 is 23.1 Å². The van der Waals surface area contributed by atoms with Gasteiger partial charge in [-0.3, -0.25) is 4.79 Å². The molecule has 4 rings (SSSR count). The van der Waals surface area contributed by atoms with E-state index in [1.807, 2.05) is 25.1 Å². The Bertz CT molecular complexity index is 1030. The molecule has 0 spiro atoms. The number of benzene rings is 2. The molecule has 2 aromatic carbocycles. The van der Waals surface area contributed by atoms with Crippen LogP contribution in [0.3, 0.4) is 0 Å². The van der Waals surface area contributed by atoms with Crippen LogP contribution in [0.15, 0.2) is 52.1 Å². The van der Waals surface area contributed by atoms with Gasteiger partial charge in [-0.25, -0.2) is 4.39 Å². The largest absolute Gasteiger partial charge is 0.454 e. The first-order valence-electron chi connectivity index (χ1n) is 9.01. The molecule has 1 aromatic heterocycles. The first-order valence-corrected chi connectivity index (χ1v) is 10.00. The summed E-state index contributed by atoms with van der Waals surface area (Å²) in [6.45, 7) is 3.14. The van der Waals surface area contributed by atoms with Crippen molar-refractivity contribution in [2.75, 3.05) is 19.1 Å². The van der Waals surface area contributed by atoms with E-state index in [0.29, 0.717) is 24.6 Å². The van der Waals surface area contributed by atoms with Gasteiger partial charge in [-0.1, -0.05) is 30.0 Å². The molecule has 0 saturated heterocycles. The van der Waals surface area contributed by atoms with Crippen LogP contribution in [0.5, 0.6) is 11.5 Å². The first-order chi connectivity index (χ1) is 14.1. The van der Waals surface area contributed by atoms with Crippen molar-refractivity contribution in [3.8, 4) is 23.0 Å². The second kappa shape index (κ2) is 8.52. The van der Waals surface area contributed by atoms with Crippen LogP contribution in [0.1, 0.15) is 12.5 Å².